The molecule has 0 radical (unpaired) electrons. The van der Waals surface area contributed by atoms with Gasteiger partial charge in [0.1, 0.15) is 6.04 Å². The van der Waals surface area contributed by atoms with Crippen LogP contribution in [0.25, 0.3) is 0 Å². The summed E-state index contributed by atoms with van der Waals surface area (Å²) in [6.07, 6.45) is 1.13. The van der Waals surface area contributed by atoms with E-state index >= 15 is 0 Å². The Morgan fingerprint density at radius 2 is 2.05 bits per heavy atom. The molecule has 2 amide bonds. The zero-order valence-electron chi connectivity index (χ0n) is 11.6. The molecular formula is C16H18N2O2. The van der Waals surface area contributed by atoms with Crippen LogP contribution in [0, 0.1) is 11.8 Å². The van der Waals surface area contributed by atoms with Crippen molar-refractivity contribution < 1.29 is 9.59 Å². The van der Waals surface area contributed by atoms with Gasteiger partial charge < -0.3 is 10.2 Å². The van der Waals surface area contributed by atoms with Crippen LogP contribution in [-0.2, 0) is 16.0 Å². The maximum absolute atomic E-state index is 12.3. The molecule has 0 aliphatic carbocycles. The SMILES string of the molecule is CC#CCCN1CC(=O)NC(Cc2ccccc2)C1=O. The molecule has 20 heavy (non-hydrogen) atoms. The minimum Gasteiger partial charge on any atom is -0.342 e. The molecule has 0 saturated carbocycles. The molecule has 1 unspecified atom stereocenters. The quantitative estimate of drug-likeness (QED) is 0.829. The molecule has 1 N–H and O–H groups in total. The monoisotopic (exact) mass is 270 g/mol. The van der Waals surface area contributed by atoms with E-state index in [1.165, 1.54) is 0 Å². The van der Waals surface area contributed by atoms with Crippen LogP contribution in [0.5, 0.6) is 0 Å². The van der Waals surface area contributed by atoms with Crippen LogP contribution in [0.4, 0.5) is 0 Å². The molecule has 0 bridgehead atoms. The predicted octanol–water partition coefficient (Wildman–Crippen LogP) is 0.969. The molecular weight excluding hydrogens is 252 g/mol. The smallest absolute Gasteiger partial charge is 0.245 e. The second kappa shape index (κ2) is 6.76. The maximum Gasteiger partial charge on any atom is 0.245 e. The lowest BCUT2D eigenvalue weighted by Crippen LogP contribution is -2.58. The number of rotatable bonds is 4. The summed E-state index contributed by atoms with van der Waals surface area (Å²) < 4.78 is 0. The minimum absolute atomic E-state index is 0.0219. The number of carbonyl (C=O) groups is 2. The van der Waals surface area contributed by atoms with Gasteiger partial charge in [0.05, 0.1) is 6.54 Å². The lowest BCUT2D eigenvalue weighted by molar-refractivity contribution is -0.144. The van der Waals surface area contributed by atoms with E-state index in [0.717, 1.165) is 5.56 Å². The van der Waals surface area contributed by atoms with Gasteiger partial charge in [0.15, 0.2) is 0 Å². The molecule has 1 heterocycles. The summed E-state index contributed by atoms with van der Waals surface area (Å²) >= 11 is 0. The Labute approximate surface area is 119 Å². The molecule has 1 aliphatic rings. The number of benzene rings is 1. The molecule has 2 rings (SSSR count). The fourth-order valence-corrected chi connectivity index (χ4v) is 2.27. The van der Waals surface area contributed by atoms with Crippen molar-refractivity contribution in [2.45, 2.75) is 25.8 Å². The van der Waals surface area contributed by atoms with Crippen LogP contribution >= 0.6 is 0 Å². The van der Waals surface area contributed by atoms with E-state index < -0.39 is 6.04 Å². The first-order valence-electron chi connectivity index (χ1n) is 6.72. The maximum atomic E-state index is 12.3. The topological polar surface area (TPSA) is 49.4 Å². The number of amides is 2. The summed E-state index contributed by atoms with van der Waals surface area (Å²) in [5.41, 5.74) is 1.04. The van der Waals surface area contributed by atoms with E-state index in [4.69, 9.17) is 0 Å². The van der Waals surface area contributed by atoms with Crippen molar-refractivity contribution in [1.29, 1.82) is 0 Å². The van der Waals surface area contributed by atoms with Crippen molar-refractivity contribution in [3.8, 4) is 11.8 Å². The molecule has 1 aromatic carbocycles. The summed E-state index contributed by atoms with van der Waals surface area (Å²) in [4.78, 5) is 25.6. The van der Waals surface area contributed by atoms with Crippen molar-refractivity contribution in [2.24, 2.45) is 0 Å². The minimum atomic E-state index is -0.465. The molecule has 1 atom stereocenters. The number of carbonyl (C=O) groups excluding carboxylic acids is 2. The van der Waals surface area contributed by atoms with Crippen molar-refractivity contribution in [3.63, 3.8) is 0 Å². The third kappa shape index (κ3) is 3.61. The highest BCUT2D eigenvalue weighted by Gasteiger charge is 2.32. The van der Waals surface area contributed by atoms with Gasteiger partial charge in [-0.1, -0.05) is 30.3 Å². The Morgan fingerprint density at radius 1 is 1.30 bits per heavy atom. The second-order valence-corrected chi connectivity index (χ2v) is 4.75. The largest absolute Gasteiger partial charge is 0.342 e. The van der Waals surface area contributed by atoms with Crippen molar-refractivity contribution in [2.75, 3.05) is 13.1 Å². The molecule has 1 saturated heterocycles. The summed E-state index contributed by atoms with van der Waals surface area (Å²) in [6, 6.07) is 9.24. The molecule has 0 aromatic heterocycles. The summed E-state index contributed by atoms with van der Waals surface area (Å²) in [7, 11) is 0. The molecule has 1 fully saturated rings. The number of piperazine rings is 1. The highest BCUT2D eigenvalue weighted by Crippen LogP contribution is 2.10. The Bertz CT molecular complexity index is 543. The second-order valence-electron chi connectivity index (χ2n) is 4.75. The number of nitrogens with one attached hydrogen (secondary N) is 1. The van der Waals surface area contributed by atoms with Gasteiger partial charge in [0, 0.05) is 19.4 Å². The van der Waals surface area contributed by atoms with E-state index in [1.807, 2.05) is 30.3 Å². The molecule has 0 spiro atoms. The van der Waals surface area contributed by atoms with Gasteiger partial charge in [-0.15, -0.1) is 11.8 Å². The van der Waals surface area contributed by atoms with Crippen LogP contribution in [0.2, 0.25) is 0 Å². The van der Waals surface area contributed by atoms with Gasteiger partial charge in [-0.05, 0) is 12.5 Å². The fourth-order valence-electron chi connectivity index (χ4n) is 2.27. The lowest BCUT2D eigenvalue weighted by atomic mass is 10.0. The molecule has 1 aromatic rings. The average molecular weight is 270 g/mol. The van der Waals surface area contributed by atoms with Crippen molar-refractivity contribution in [3.05, 3.63) is 35.9 Å². The fraction of sp³-hybridized carbons (Fsp3) is 0.375. The first-order valence-corrected chi connectivity index (χ1v) is 6.72. The zero-order chi connectivity index (χ0) is 14.4. The Kier molecular flexibility index (Phi) is 4.78. The van der Waals surface area contributed by atoms with Crippen molar-refractivity contribution in [1.82, 2.24) is 10.2 Å². The number of nitrogens with zero attached hydrogens (tertiary/aromatic N) is 1. The van der Waals surface area contributed by atoms with Crippen LogP contribution in [-0.4, -0.2) is 35.8 Å². The Morgan fingerprint density at radius 3 is 2.75 bits per heavy atom. The lowest BCUT2D eigenvalue weighted by Gasteiger charge is -2.32. The standard InChI is InChI=1S/C16H18N2O2/c1-2-3-7-10-18-12-15(19)17-14(16(18)20)11-13-8-5-4-6-9-13/h4-6,8-9,14H,7,10-12H2,1H3,(H,17,19). The number of hydrogen-bond donors (Lipinski definition) is 1. The first kappa shape index (κ1) is 14.1. The van der Waals surface area contributed by atoms with E-state index in [2.05, 4.69) is 17.2 Å². The van der Waals surface area contributed by atoms with Gasteiger partial charge >= 0.3 is 0 Å². The van der Waals surface area contributed by atoms with Gasteiger partial charge in [-0.2, -0.15) is 0 Å². The van der Waals surface area contributed by atoms with Crippen LogP contribution < -0.4 is 5.32 Å². The van der Waals surface area contributed by atoms with Crippen molar-refractivity contribution >= 4 is 11.8 Å². The van der Waals surface area contributed by atoms with E-state index in [9.17, 15) is 9.59 Å². The third-order valence-electron chi connectivity index (χ3n) is 3.25. The number of hydrogen-bond acceptors (Lipinski definition) is 2. The highest BCUT2D eigenvalue weighted by atomic mass is 16.2. The normalized spacial score (nSPS) is 18.2. The first-order chi connectivity index (χ1) is 9.70. The van der Waals surface area contributed by atoms with Crippen LogP contribution in [0.1, 0.15) is 18.9 Å². The molecule has 104 valence electrons. The Hall–Kier alpha value is -2.28. The van der Waals surface area contributed by atoms with Gasteiger partial charge in [0.2, 0.25) is 11.8 Å². The molecule has 4 nitrogen and oxygen atoms in total. The predicted molar refractivity (Wildman–Crippen MR) is 76.7 cm³/mol. The molecule has 1 aliphatic heterocycles. The van der Waals surface area contributed by atoms with E-state index in [-0.39, 0.29) is 18.4 Å². The summed E-state index contributed by atoms with van der Waals surface area (Å²) in [5.74, 6) is 5.59. The average Bonchev–Trinajstić information content (AvgIpc) is 2.45. The van der Waals surface area contributed by atoms with Crippen LogP contribution in [0.3, 0.4) is 0 Å². The Balaban J connectivity index is 2.02. The van der Waals surface area contributed by atoms with E-state index in [1.54, 1.807) is 11.8 Å². The summed E-state index contributed by atoms with van der Waals surface area (Å²) in [5, 5.41) is 2.77. The van der Waals surface area contributed by atoms with Gasteiger partial charge in [0.25, 0.3) is 0 Å². The highest BCUT2D eigenvalue weighted by molar-refractivity contribution is 5.95. The zero-order valence-corrected chi connectivity index (χ0v) is 11.6. The third-order valence-corrected chi connectivity index (χ3v) is 3.25. The van der Waals surface area contributed by atoms with E-state index in [0.29, 0.717) is 19.4 Å². The molecule has 4 heteroatoms. The van der Waals surface area contributed by atoms with Crippen LogP contribution in [0.15, 0.2) is 30.3 Å². The van der Waals surface area contributed by atoms with Gasteiger partial charge in [-0.3, -0.25) is 9.59 Å². The van der Waals surface area contributed by atoms with Gasteiger partial charge in [-0.25, -0.2) is 0 Å². The summed E-state index contributed by atoms with van der Waals surface area (Å²) in [6.45, 7) is 2.41.